The van der Waals surface area contributed by atoms with Crippen LogP contribution in [-0.4, -0.2) is 45.4 Å². The summed E-state index contributed by atoms with van der Waals surface area (Å²) in [4.78, 5) is 6.23. The summed E-state index contributed by atoms with van der Waals surface area (Å²) in [6.45, 7) is 1.69. The molecule has 4 nitrogen and oxygen atoms in total. The number of aliphatic hydroxyl groups excluding tert-OH is 2. The average molecular weight is 273 g/mol. The van der Waals surface area contributed by atoms with Gasteiger partial charge in [0, 0.05) is 30.3 Å². The highest BCUT2D eigenvalue weighted by atomic mass is 79.9. The third-order valence-corrected chi connectivity index (χ3v) is 2.98. The maximum atomic E-state index is 9.37. The second kappa shape index (κ2) is 4.57. The molecule has 1 fully saturated rings. The van der Waals surface area contributed by atoms with Crippen molar-refractivity contribution in [3.05, 3.63) is 28.5 Å². The van der Waals surface area contributed by atoms with Crippen molar-refractivity contribution >= 4 is 15.9 Å². The van der Waals surface area contributed by atoms with E-state index in [4.69, 9.17) is 0 Å². The first-order valence-electron chi connectivity index (χ1n) is 4.84. The second-order valence-electron chi connectivity index (χ2n) is 3.80. The number of hydrogen-bond acceptors (Lipinski definition) is 4. The van der Waals surface area contributed by atoms with Gasteiger partial charge in [-0.25, -0.2) is 0 Å². The van der Waals surface area contributed by atoms with Crippen molar-refractivity contribution in [2.24, 2.45) is 0 Å². The van der Waals surface area contributed by atoms with Crippen molar-refractivity contribution in [1.82, 2.24) is 9.88 Å². The fourth-order valence-electron chi connectivity index (χ4n) is 1.71. The topological polar surface area (TPSA) is 56.6 Å². The van der Waals surface area contributed by atoms with Crippen molar-refractivity contribution in [3.8, 4) is 0 Å². The molecule has 1 aliphatic rings. The number of hydrogen-bond donors (Lipinski definition) is 2. The van der Waals surface area contributed by atoms with Crippen LogP contribution in [0.25, 0.3) is 0 Å². The molecule has 0 bridgehead atoms. The number of rotatable bonds is 2. The minimum Gasteiger partial charge on any atom is -0.389 e. The predicted molar refractivity (Wildman–Crippen MR) is 59.2 cm³/mol. The Morgan fingerprint density at radius 2 is 2.00 bits per heavy atom. The minimum absolute atomic E-state index is 0.513. The zero-order chi connectivity index (χ0) is 10.8. The van der Waals surface area contributed by atoms with Gasteiger partial charge in [-0.05, 0) is 28.1 Å². The van der Waals surface area contributed by atoms with Crippen molar-refractivity contribution in [2.45, 2.75) is 18.8 Å². The molecule has 1 aliphatic heterocycles. The van der Waals surface area contributed by atoms with Gasteiger partial charge in [0.05, 0.1) is 17.9 Å². The third kappa shape index (κ3) is 2.75. The molecule has 0 amide bonds. The van der Waals surface area contributed by atoms with E-state index in [0.717, 1.165) is 10.2 Å². The number of β-amino-alcohol motifs (C(OH)–C–C–N with tert-alkyl or cyclic N) is 2. The predicted octanol–water partition coefficient (Wildman–Crippen LogP) is 0.382. The Bertz CT molecular complexity index is 321. The van der Waals surface area contributed by atoms with E-state index >= 15 is 0 Å². The first kappa shape index (κ1) is 11.0. The number of likely N-dealkylation sites (tertiary alicyclic amines) is 1. The first-order chi connectivity index (χ1) is 7.15. The normalized spacial score (nSPS) is 27.1. The Hall–Kier alpha value is -0.490. The molecule has 1 aromatic heterocycles. The molecule has 15 heavy (non-hydrogen) atoms. The van der Waals surface area contributed by atoms with Crippen LogP contribution in [0.2, 0.25) is 0 Å². The first-order valence-corrected chi connectivity index (χ1v) is 5.63. The molecule has 2 rings (SSSR count). The monoisotopic (exact) mass is 272 g/mol. The van der Waals surface area contributed by atoms with Gasteiger partial charge in [-0.1, -0.05) is 0 Å². The molecule has 1 saturated heterocycles. The Morgan fingerprint density at radius 1 is 1.33 bits per heavy atom. The quantitative estimate of drug-likeness (QED) is 0.818. The lowest BCUT2D eigenvalue weighted by Crippen LogP contribution is -2.22. The molecule has 2 heterocycles. The lowest BCUT2D eigenvalue weighted by atomic mass is 10.3. The van der Waals surface area contributed by atoms with Crippen LogP contribution in [0.4, 0.5) is 0 Å². The molecule has 2 atom stereocenters. The maximum Gasteiger partial charge on any atom is 0.0938 e. The van der Waals surface area contributed by atoms with E-state index in [1.807, 2.05) is 17.0 Å². The zero-order valence-corrected chi connectivity index (χ0v) is 9.76. The van der Waals surface area contributed by atoms with Crippen molar-refractivity contribution in [3.63, 3.8) is 0 Å². The van der Waals surface area contributed by atoms with Gasteiger partial charge in [0.2, 0.25) is 0 Å². The number of aliphatic hydroxyl groups is 2. The van der Waals surface area contributed by atoms with E-state index in [2.05, 4.69) is 20.9 Å². The van der Waals surface area contributed by atoms with Gasteiger partial charge in [-0.15, -0.1) is 0 Å². The maximum absolute atomic E-state index is 9.37. The van der Waals surface area contributed by atoms with E-state index < -0.39 is 12.2 Å². The fraction of sp³-hybridized carbons (Fsp3) is 0.500. The van der Waals surface area contributed by atoms with Crippen LogP contribution in [0.5, 0.6) is 0 Å². The second-order valence-corrected chi connectivity index (χ2v) is 4.71. The Kier molecular flexibility index (Phi) is 3.35. The van der Waals surface area contributed by atoms with Crippen LogP contribution < -0.4 is 0 Å². The third-order valence-electron chi connectivity index (χ3n) is 2.51. The molecule has 0 spiro atoms. The minimum atomic E-state index is -0.625. The highest BCUT2D eigenvalue weighted by molar-refractivity contribution is 9.10. The SMILES string of the molecule is OC1CN(Cc2ccc(Br)cn2)CC1O. The van der Waals surface area contributed by atoms with Gasteiger partial charge in [0.15, 0.2) is 0 Å². The number of aromatic nitrogens is 1. The van der Waals surface area contributed by atoms with E-state index in [1.165, 1.54) is 0 Å². The molecule has 2 unspecified atom stereocenters. The molecule has 0 aromatic carbocycles. The summed E-state index contributed by atoms with van der Waals surface area (Å²) < 4.78 is 0.952. The highest BCUT2D eigenvalue weighted by Gasteiger charge is 2.29. The summed E-state index contributed by atoms with van der Waals surface area (Å²) in [5.41, 5.74) is 0.944. The molecular weight excluding hydrogens is 260 g/mol. The van der Waals surface area contributed by atoms with Gasteiger partial charge in [-0.3, -0.25) is 9.88 Å². The van der Waals surface area contributed by atoms with Crippen LogP contribution in [0, 0.1) is 0 Å². The van der Waals surface area contributed by atoms with E-state index in [9.17, 15) is 10.2 Å². The van der Waals surface area contributed by atoms with E-state index in [-0.39, 0.29) is 0 Å². The lowest BCUT2D eigenvalue weighted by Gasteiger charge is -2.13. The lowest BCUT2D eigenvalue weighted by molar-refractivity contribution is 0.0572. The van der Waals surface area contributed by atoms with Crippen molar-refractivity contribution in [2.75, 3.05) is 13.1 Å². The number of pyridine rings is 1. The zero-order valence-electron chi connectivity index (χ0n) is 8.17. The molecule has 5 heteroatoms. The smallest absolute Gasteiger partial charge is 0.0938 e. The largest absolute Gasteiger partial charge is 0.389 e. The van der Waals surface area contributed by atoms with Gasteiger partial charge in [0.25, 0.3) is 0 Å². The summed E-state index contributed by atoms with van der Waals surface area (Å²) in [6, 6.07) is 3.87. The van der Waals surface area contributed by atoms with Gasteiger partial charge in [0.1, 0.15) is 0 Å². The Labute approximate surface area is 96.7 Å². The van der Waals surface area contributed by atoms with Crippen molar-refractivity contribution < 1.29 is 10.2 Å². The molecular formula is C10H13BrN2O2. The molecule has 2 N–H and O–H groups in total. The van der Waals surface area contributed by atoms with Gasteiger partial charge >= 0.3 is 0 Å². The molecule has 0 radical (unpaired) electrons. The summed E-state index contributed by atoms with van der Waals surface area (Å²) in [7, 11) is 0. The Morgan fingerprint density at radius 3 is 2.53 bits per heavy atom. The van der Waals surface area contributed by atoms with Crippen LogP contribution in [0.15, 0.2) is 22.8 Å². The number of nitrogens with zero attached hydrogens (tertiary/aromatic N) is 2. The van der Waals surface area contributed by atoms with Crippen molar-refractivity contribution in [1.29, 1.82) is 0 Å². The van der Waals surface area contributed by atoms with Gasteiger partial charge in [-0.2, -0.15) is 0 Å². The molecule has 1 aromatic rings. The molecule has 0 aliphatic carbocycles. The van der Waals surface area contributed by atoms with E-state index in [1.54, 1.807) is 6.20 Å². The number of halogens is 1. The van der Waals surface area contributed by atoms with E-state index in [0.29, 0.717) is 19.6 Å². The standard InChI is InChI=1S/C10H13BrN2O2/c11-7-1-2-8(12-3-7)4-13-5-9(14)10(15)6-13/h1-3,9-10,14-15H,4-6H2. The summed E-state index contributed by atoms with van der Waals surface area (Å²) in [5, 5.41) is 18.7. The molecule has 0 saturated carbocycles. The summed E-state index contributed by atoms with van der Waals surface area (Å²) >= 11 is 3.32. The molecule has 82 valence electrons. The van der Waals surface area contributed by atoms with Crippen LogP contribution in [0.1, 0.15) is 5.69 Å². The summed E-state index contributed by atoms with van der Waals surface area (Å²) in [5.74, 6) is 0. The van der Waals surface area contributed by atoms with Crippen LogP contribution in [-0.2, 0) is 6.54 Å². The van der Waals surface area contributed by atoms with Gasteiger partial charge < -0.3 is 10.2 Å². The fourth-order valence-corrected chi connectivity index (χ4v) is 1.94. The van der Waals surface area contributed by atoms with Crippen LogP contribution in [0.3, 0.4) is 0 Å². The highest BCUT2D eigenvalue weighted by Crippen LogP contribution is 2.14. The average Bonchev–Trinajstić information content (AvgIpc) is 2.50. The van der Waals surface area contributed by atoms with Crippen LogP contribution >= 0.6 is 15.9 Å². The Balaban J connectivity index is 1.95. The summed E-state index contributed by atoms with van der Waals surface area (Å²) in [6.07, 6.45) is 0.499.